The van der Waals surface area contributed by atoms with Crippen LogP contribution in [0.15, 0.2) is 6.20 Å². The van der Waals surface area contributed by atoms with Gasteiger partial charge in [0.15, 0.2) is 9.58 Å². The zero-order valence-electron chi connectivity index (χ0n) is 5.21. The van der Waals surface area contributed by atoms with Gasteiger partial charge >= 0.3 is 0 Å². The fourth-order valence-corrected chi connectivity index (χ4v) is 0.853. The molecule has 1 aromatic rings. The van der Waals surface area contributed by atoms with Crippen LogP contribution in [0.4, 0.5) is 0 Å². The van der Waals surface area contributed by atoms with E-state index in [1.807, 2.05) is 22.6 Å². The lowest BCUT2D eigenvalue weighted by molar-refractivity contribution is 0.359. The van der Waals surface area contributed by atoms with E-state index in [1.165, 1.54) is 13.3 Å². The fourth-order valence-electron chi connectivity index (χ4n) is 0.485. The number of aromatic nitrogens is 2. The summed E-state index contributed by atoms with van der Waals surface area (Å²) in [5, 5.41) is 9.01. The van der Waals surface area contributed by atoms with Gasteiger partial charge in [0.1, 0.15) is 0 Å². The maximum Gasteiger partial charge on any atom is 0.258 e. The average molecular weight is 252 g/mol. The molecule has 0 atom stereocenters. The van der Waals surface area contributed by atoms with Crippen molar-refractivity contribution in [2.75, 3.05) is 7.11 Å². The van der Waals surface area contributed by atoms with Crippen LogP contribution in [0.5, 0.6) is 11.6 Å². The van der Waals surface area contributed by atoms with Crippen LogP contribution in [-0.2, 0) is 0 Å². The van der Waals surface area contributed by atoms with Crippen LogP contribution >= 0.6 is 22.6 Å². The molecule has 0 radical (unpaired) electrons. The number of hydrogen-bond donors (Lipinski definition) is 1. The summed E-state index contributed by atoms with van der Waals surface area (Å²) in [5.74, 6) is 0.169. The van der Waals surface area contributed by atoms with Crippen molar-refractivity contribution in [2.24, 2.45) is 0 Å². The van der Waals surface area contributed by atoms with Gasteiger partial charge in [-0.05, 0) is 0 Å². The highest BCUT2D eigenvalue weighted by molar-refractivity contribution is 14.1. The number of nitrogens with zero attached hydrogens (tertiary/aromatic N) is 2. The first-order chi connectivity index (χ1) is 4.74. The van der Waals surface area contributed by atoms with Crippen LogP contribution in [0.1, 0.15) is 0 Å². The molecule has 0 aliphatic carbocycles. The van der Waals surface area contributed by atoms with Gasteiger partial charge in [0.25, 0.3) is 5.88 Å². The summed E-state index contributed by atoms with van der Waals surface area (Å²) >= 11 is 1.90. The van der Waals surface area contributed by atoms with Crippen molar-refractivity contribution < 1.29 is 9.84 Å². The predicted octanol–water partition coefficient (Wildman–Crippen LogP) is 0.795. The molecule has 0 aromatic carbocycles. The highest BCUT2D eigenvalue weighted by Gasteiger charge is 2.01. The third-order valence-corrected chi connectivity index (χ3v) is 1.45. The van der Waals surface area contributed by atoms with E-state index in [9.17, 15) is 0 Å². The van der Waals surface area contributed by atoms with Crippen molar-refractivity contribution in [2.45, 2.75) is 0 Å². The summed E-state index contributed by atoms with van der Waals surface area (Å²) in [6.07, 6.45) is 1.42. The van der Waals surface area contributed by atoms with Gasteiger partial charge in [-0.25, -0.2) is 4.98 Å². The van der Waals surface area contributed by atoms with Crippen LogP contribution in [0.3, 0.4) is 0 Å². The number of halogens is 1. The molecular weight excluding hydrogens is 247 g/mol. The van der Waals surface area contributed by atoms with Gasteiger partial charge in [-0.3, -0.25) is 0 Å². The molecule has 0 aliphatic rings. The van der Waals surface area contributed by atoms with E-state index in [2.05, 4.69) is 9.97 Å². The third-order valence-electron chi connectivity index (χ3n) is 0.927. The maximum atomic E-state index is 9.01. The Hall–Kier alpha value is -0.590. The SMILES string of the molecule is COc1cnc(I)nc1O. The van der Waals surface area contributed by atoms with E-state index in [-0.39, 0.29) is 5.88 Å². The normalized spacial score (nSPS) is 9.40. The molecule has 0 bridgehead atoms. The highest BCUT2D eigenvalue weighted by Crippen LogP contribution is 2.20. The van der Waals surface area contributed by atoms with Crippen molar-refractivity contribution >= 4 is 22.6 Å². The quantitative estimate of drug-likeness (QED) is 0.593. The van der Waals surface area contributed by atoms with E-state index < -0.39 is 0 Å². The fraction of sp³-hybridized carbons (Fsp3) is 0.200. The van der Waals surface area contributed by atoms with Gasteiger partial charge in [-0.1, -0.05) is 0 Å². The van der Waals surface area contributed by atoms with Crippen LogP contribution in [0.25, 0.3) is 0 Å². The third kappa shape index (κ3) is 1.47. The number of rotatable bonds is 1. The maximum absolute atomic E-state index is 9.01. The molecule has 1 heterocycles. The van der Waals surface area contributed by atoms with E-state index >= 15 is 0 Å². The Morgan fingerprint density at radius 3 is 2.90 bits per heavy atom. The molecule has 54 valence electrons. The Morgan fingerprint density at radius 2 is 2.40 bits per heavy atom. The van der Waals surface area contributed by atoms with Gasteiger partial charge in [-0.15, -0.1) is 0 Å². The Kier molecular flexibility index (Phi) is 2.25. The average Bonchev–Trinajstić information content (AvgIpc) is 1.88. The summed E-state index contributed by atoms with van der Waals surface area (Å²) in [7, 11) is 1.45. The summed E-state index contributed by atoms with van der Waals surface area (Å²) in [5.41, 5.74) is 0. The summed E-state index contributed by atoms with van der Waals surface area (Å²) < 4.78 is 5.22. The molecule has 0 unspecified atom stereocenters. The molecule has 4 nitrogen and oxygen atoms in total. The molecule has 1 rings (SSSR count). The van der Waals surface area contributed by atoms with Crippen LogP contribution in [0.2, 0.25) is 0 Å². The molecule has 0 amide bonds. The molecule has 10 heavy (non-hydrogen) atoms. The lowest BCUT2D eigenvalue weighted by Gasteiger charge is -1.99. The molecule has 1 aromatic heterocycles. The van der Waals surface area contributed by atoms with Crippen LogP contribution in [0, 0.1) is 3.83 Å². The second kappa shape index (κ2) is 3.00. The standard InChI is InChI=1S/C5H5IN2O2/c1-10-3-2-7-5(6)8-4(3)9/h2H,1H3,(H,7,8,9). The zero-order chi connectivity index (χ0) is 7.56. The lowest BCUT2D eigenvalue weighted by atomic mass is 10.6. The van der Waals surface area contributed by atoms with E-state index in [0.717, 1.165) is 0 Å². The Bertz CT molecular complexity index is 241. The second-order valence-electron chi connectivity index (χ2n) is 1.53. The largest absolute Gasteiger partial charge is 0.491 e. The molecule has 5 heteroatoms. The topological polar surface area (TPSA) is 55.2 Å². The first-order valence-electron chi connectivity index (χ1n) is 2.49. The van der Waals surface area contributed by atoms with E-state index in [4.69, 9.17) is 9.84 Å². The van der Waals surface area contributed by atoms with Gasteiger partial charge in [0, 0.05) is 22.6 Å². The predicted molar refractivity (Wildman–Crippen MR) is 43.0 cm³/mol. The number of ether oxygens (including phenoxy) is 1. The van der Waals surface area contributed by atoms with Gasteiger partial charge in [-0.2, -0.15) is 4.98 Å². The second-order valence-corrected chi connectivity index (χ2v) is 2.50. The minimum Gasteiger partial charge on any atom is -0.491 e. The van der Waals surface area contributed by atoms with Crippen molar-refractivity contribution in [3.8, 4) is 11.6 Å². The summed E-state index contributed by atoms with van der Waals surface area (Å²) in [6.45, 7) is 0. The lowest BCUT2D eigenvalue weighted by Crippen LogP contribution is -1.90. The molecule has 0 saturated carbocycles. The smallest absolute Gasteiger partial charge is 0.258 e. The van der Waals surface area contributed by atoms with E-state index in [1.54, 1.807) is 0 Å². The van der Waals surface area contributed by atoms with Gasteiger partial charge < -0.3 is 9.84 Å². The molecule has 1 N–H and O–H groups in total. The van der Waals surface area contributed by atoms with Gasteiger partial charge in [0.05, 0.1) is 13.3 Å². The molecular formula is C5H5IN2O2. The first kappa shape index (κ1) is 7.52. The summed E-state index contributed by atoms with van der Waals surface area (Å²) in [6, 6.07) is 0. The van der Waals surface area contributed by atoms with E-state index in [0.29, 0.717) is 9.58 Å². The molecule has 0 aliphatic heterocycles. The minimum absolute atomic E-state index is 0.123. The van der Waals surface area contributed by atoms with Crippen molar-refractivity contribution in [3.05, 3.63) is 10.0 Å². The van der Waals surface area contributed by atoms with Gasteiger partial charge in [0.2, 0.25) is 0 Å². The molecule has 0 fully saturated rings. The van der Waals surface area contributed by atoms with Crippen molar-refractivity contribution in [1.82, 2.24) is 9.97 Å². The van der Waals surface area contributed by atoms with Crippen molar-refractivity contribution in [1.29, 1.82) is 0 Å². The van der Waals surface area contributed by atoms with Crippen molar-refractivity contribution in [3.63, 3.8) is 0 Å². The Balaban J connectivity index is 3.07. The molecule has 0 saturated heterocycles. The zero-order valence-corrected chi connectivity index (χ0v) is 7.36. The number of methoxy groups -OCH3 is 1. The Labute approximate surface area is 71.4 Å². The first-order valence-corrected chi connectivity index (χ1v) is 3.57. The summed E-state index contributed by atoms with van der Waals surface area (Å²) in [4.78, 5) is 7.45. The monoisotopic (exact) mass is 252 g/mol. The van der Waals surface area contributed by atoms with Crippen LogP contribution < -0.4 is 4.74 Å². The minimum atomic E-state index is -0.123. The molecule has 0 spiro atoms. The number of aromatic hydroxyl groups is 1. The highest BCUT2D eigenvalue weighted by atomic mass is 127. The number of hydrogen-bond acceptors (Lipinski definition) is 4. The Morgan fingerprint density at radius 1 is 1.70 bits per heavy atom. The van der Waals surface area contributed by atoms with Crippen LogP contribution in [-0.4, -0.2) is 22.2 Å².